The summed E-state index contributed by atoms with van der Waals surface area (Å²) in [5, 5.41) is 16.1. The third kappa shape index (κ3) is 5.93. The lowest BCUT2D eigenvalue weighted by Crippen LogP contribution is -2.46. The van der Waals surface area contributed by atoms with Crippen molar-refractivity contribution < 1.29 is 14.3 Å². The summed E-state index contributed by atoms with van der Waals surface area (Å²) in [5.41, 5.74) is 4.14. The minimum atomic E-state index is -0.912. The molecule has 6 rings (SSSR count). The Morgan fingerprint density at radius 1 is 1.16 bits per heavy atom. The molecule has 0 saturated carbocycles. The lowest BCUT2D eigenvalue weighted by Gasteiger charge is -2.38. The highest BCUT2D eigenvalue weighted by Crippen LogP contribution is 2.36. The monoisotopic (exact) mass is 614 g/mol. The van der Waals surface area contributed by atoms with Gasteiger partial charge in [-0.3, -0.25) is 19.7 Å². The standard InChI is InChI=1S/C30H31ClN10O3/c31-21-3-5-26(41(33)18-35-32)19(15-21)2-6-27(42)40-10-8-24-23(7-9-34-29(24)39-11-13-44-14-12-39)28(40)30(43)37-22-4-1-20-17-36-38-25(20)16-22/h1-7,9,15-18,28H,8,10-14,32-33H2,(H,36,38)(H,37,43). The summed E-state index contributed by atoms with van der Waals surface area (Å²) in [5.74, 6) is 11.4. The Morgan fingerprint density at radius 2 is 2.00 bits per heavy atom. The van der Waals surface area contributed by atoms with Gasteiger partial charge in [-0.1, -0.05) is 11.6 Å². The average molecular weight is 615 g/mol. The number of aromatic amines is 1. The maximum atomic E-state index is 14.1. The van der Waals surface area contributed by atoms with Gasteiger partial charge in [0.1, 0.15) is 18.2 Å². The number of nitrogens with one attached hydrogen (secondary N) is 2. The van der Waals surface area contributed by atoms with Crippen LogP contribution in [0.4, 0.5) is 17.2 Å². The molecule has 0 bridgehead atoms. The minimum Gasteiger partial charge on any atom is -0.378 e. The quantitative estimate of drug-likeness (QED) is 0.0803. The van der Waals surface area contributed by atoms with Gasteiger partial charge in [0.15, 0.2) is 0 Å². The average Bonchev–Trinajstić information content (AvgIpc) is 3.51. The second-order valence-corrected chi connectivity index (χ2v) is 10.8. The summed E-state index contributed by atoms with van der Waals surface area (Å²) in [7, 11) is 0. The molecule has 1 atom stereocenters. The molecule has 14 heteroatoms. The number of morpholine rings is 1. The van der Waals surface area contributed by atoms with Crippen LogP contribution in [0.3, 0.4) is 0 Å². The molecule has 0 spiro atoms. The Morgan fingerprint density at radius 3 is 2.82 bits per heavy atom. The largest absolute Gasteiger partial charge is 0.378 e. The van der Waals surface area contributed by atoms with Crippen molar-refractivity contribution in [3.8, 4) is 0 Å². The van der Waals surface area contributed by atoms with Gasteiger partial charge >= 0.3 is 0 Å². The zero-order valence-electron chi connectivity index (χ0n) is 23.7. The topological polar surface area (TPSA) is 171 Å². The first-order chi connectivity index (χ1) is 21.4. The predicted octanol–water partition coefficient (Wildman–Crippen LogP) is 2.81. The molecule has 1 unspecified atom stereocenters. The molecule has 4 heterocycles. The van der Waals surface area contributed by atoms with Crippen molar-refractivity contribution in [2.24, 2.45) is 16.8 Å². The van der Waals surface area contributed by atoms with Gasteiger partial charge in [0.2, 0.25) is 5.91 Å². The van der Waals surface area contributed by atoms with Crippen LogP contribution in [0.25, 0.3) is 17.0 Å². The van der Waals surface area contributed by atoms with Crippen molar-refractivity contribution in [2.45, 2.75) is 12.5 Å². The molecule has 2 aliphatic heterocycles. The number of carbonyl (C=O) groups excluding carboxylic acids is 2. The van der Waals surface area contributed by atoms with E-state index in [2.05, 4.69) is 30.5 Å². The number of hydrogen-bond acceptors (Lipinski definition) is 9. The number of nitrogens with two attached hydrogens (primary N) is 2. The van der Waals surface area contributed by atoms with E-state index in [4.69, 9.17) is 28.0 Å². The first kappa shape index (κ1) is 29.1. The molecule has 0 radical (unpaired) electrons. The van der Waals surface area contributed by atoms with Crippen LogP contribution in [0.5, 0.6) is 0 Å². The lowest BCUT2D eigenvalue weighted by atomic mass is 9.92. The van der Waals surface area contributed by atoms with Gasteiger partial charge in [-0.25, -0.2) is 10.8 Å². The number of H-pyrrole nitrogens is 1. The van der Waals surface area contributed by atoms with Gasteiger partial charge in [0.05, 0.1) is 30.6 Å². The highest BCUT2D eigenvalue weighted by molar-refractivity contribution is 6.30. The van der Waals surface area contributed by atoms with Crippen molar-refractivity contribution in [3.05, 3.63) is 82.6 Å². The molecule has 2 aliphatic rings. The fourth-order valence-electron chi connectivity index (χ4n) is 5.62. The van der Waals surface area contributed by atoms with Crippen LogP contribution >= 0.6 is 11.6 Å². The number of fused-ring (bicyclic) bond motifs is 2. The van der Waals surface area contributed by atoms with Crippen molar-refractivity contribution in [2.75, 3.05) is 48.1 Å². The number of rotatable bonds is 7. The van der Waals surface area contributed by atoms with Gasteiger partial charge in [0.25, 0.3) is 5.91 Å². The van der Waals surface area contributed by atoms with E-state index in [9.17, 15) is 9.59 Å². The number of ether oxygens (including phenoxy) is 1. The maximum absolute atomic E-state index is 14.1. The van der Waals surface area contributed by atoms with Crippen LogP contribution in [-0.2, 0) is 20.7 Å². The highest BCUT2D eigenvalue weighted by Gasteiger charge is 2.37. The molecule has 2 aromatic carbocycles. The zero-order valence-corrected chi connectivity index (χ0v) is 24.4. The number of benzene rings is 2. The molecular formula is C30H31ClN10O3. The predicted molar refractivity (Wildman–Crippen MR) is 170 cm³/mol. The summed E-state index contributed by atoms with van der Waals surface area (Å²) in [6, 6.07) is 11.4. The van der Waals surface area contributed by atoms with E-state index in [1.807, 2.05) is 18.2 Å². The maximum Gasteiger partial charge on any atom is 0.251 e. The van der Waals surface area contributed by atoms with Gasteiger partial charge in [0, 0.05) is 59.1 Å². The Kier molecular flexibility index (Phi) is 8.41. The highest BCUT2D eigenvalue weighted by atomic mass is 35.5. The van der Waals surface area contributed by atoms with Gasteiger partial charge < -0.3 is 25.7 Å². The van der Waals surface area contributed by atoms with Gasteiger partial charge in [-0.05, 0) is 60.5 Å². The summed E-state index contributed by atoms with van der Waals surface area (Å²) in [6.45, 7) is 2.91. The number of hydrazone groups is 1. The van der Waals surface area contributed by atoms with E-state index in [1.165, 1.54) is 17.4 Å². The van der Waals surface area contributed by atoms with E-state index in [-0.39, 0.29) is 11.8 Å². The Balaban J connectivity index is 1.35. The van der Waals surface area contributed by atoms with Crippen molar-refractivity contribution in [1.82, 2.24) is 20.1 Å². The second-order valence-electron chi connectivity index (χ2n) is 10.4. The van der Waals surface area contributed by atoms with Gasteiger partial charge in [-0.15, -0.1) is 0 Å². The molecule has 1 saturated heterocycles. The number of hydrazine groups is 1. The third-order valence-electron chi connectivity index (χ3n) is 7.69. The second kappa shape index (κ2) is 12.7. The minimum absolute atomic E-state index is 0.308. The summed E-state index contributed by atoms with van der Waals surface area (Å²) in [6.07, 6.45) is 8.20. The van der Waals surface area contributed by atoms with Crippen molar-refractivity contribution >= 4 is 63.9 Å². The number of nitrogens with zero attached hydrogens (tertiary/aromatic N) is 6. The van der Waals surface area contributed by atoms with Crippen molar-refractivity contribution in [3.63, 3.8) is 0 Å². The number of pyridine rings is 1. The van der Waals surface area contributed by atoms with Crippen LogP contribution in [-0.4, -0.2) is 71.1 Å². The molecular weight excluding hydrogens is 584 g/mol. The van der Waals surface area contributed by atoms with Gasteiger partial charge in [-0.2, -0.15) is 10.2 Å². The number of hydrogen-bond donors (Lipinski definition) is 4. The molecule has 44 heavy (non-hydrogen) atoms. The molecule has 2 aromatic heterocycles. The Labute approximate surface area is 258 Å². The zero-order chi connectivity index (χ0) is 30.6. The normalized spacial score (nSPS) is 16.9. The summed E-state index contributed by atoms with van der Waals surface area (Å²) in [4.78, 5) is 36.3. The van der Waals surface area contributed by atoms with E-state index in [1.54, 1.807) is 47.6 Å². The molecule has 4 aromatic rings. The first-order valence-corrected chi connectivity index (χ1v) is 14.4. The molecule has 2 amide bonds. The summed E-state index contributed by atoms with van der Waals surface area (Å²) < 4.78 is 5.54. The van der Waals surface area contributed by atoms with Crippen LogP contribution in [0.2, 0.25) is 5.02 Å². The molecule has 1 fully saturated rings. The van der Waals surface area contributed by atoms with Crippen LogP contribution in [0.1, 0.15) is 22.7 Å². The van der Waals surface area contributed by atoms with Crippen LogP contribution < -0.4 is 26.9 Å². The number of anilines is 3. The molecule has 0 aliphatic carbocycles. The fraction of sp³-hybridized carbons (Fsp3) is 0.233. The third-order valence-corrected chi connectivity index (χ3v) is 7.93. The summed E-state index contributed by atoms with van der Waals surface area (Å²) >= 11 is 6.24. The fourth-order valence-corrected chi connectivity index (χ4v) is 5.80. The van der Waals surface area contributed by atoms with E-state index in [0.29, 0.717) is 61.2 Å². The number of halogens is 1. The molecule has 6 N–H and O–H groups in total. The lowest BCUT2D eigenvalue weighted by molar-refractivity contribution is -0.135. The molecule has 226 valence electrons. The smallest absolute Gasteiger partial charge is 0.251 e. The number of amides is 2. The van der Waals surface area contributed by atoms with Crippen molar-refractivity contribution in [1.29, 1.82) is 0 Å². The van der Waals surface area contributed by atoms with E-state index < -0.39 is 6.04 Å². The number of carbonyl (C=O) groups is 2. The SMILES string of the molecule is NN=CN(N)c1ccc(Cl)cc1C=CC(=O)N1CCc2c(ccnc2N2CCOCC2)C1C(=O)Nc1ccc2cn[nH]c2c1. The number of aromatic nitrogens is 3. The van der Waals surface area contributed by atoms with E-state index >= 15 is 0 Å². The Hall–Kier alpha value is -4.98. The van der Waals surface area contributed by atoms with Crippen LogP contribution in [0.15, 0.2) is 66.0 Å². The van der Waals surface area contributed by atoms with Crippen LogP contribution in [0, 0.1) is 0 Å². The van der Waals surface area contributed by atoms with E-state index in [0.717, 1.165) is 27.8 Å². The molecule has 13 nitrogen and oxygen atoms in total. The Bertz CT molecular complexity index is 1750. The first-order valence-electron chi connectivity index (χ1n) is 14.0.